The molecule has 0 amide bonds. The van der Waals surface area contributed by atoms with Gasteiger partial charge in [0, 0.05) is 0 Å². The van der Waals surface area contributed by atoms with Crippen molar-refractivity contribution in [1.82, 2.24) is 0 Å². The first-order valence-corrected chi connectivity index (χ1v) is 7.25. The molecule has 0 N–H and O–H groups in total. The van der Waals surface area contributed by atoms with Crippen molar-refractivity contribution in [3.63, 3.8) is 0 Å². The number of esters is 1. The molecule has 1 aliphatic carbocycles. The zero-order chi connectivity index (χ0) is 15.5. The minimum absolute atomic E-state index is 0.0229. The monoisotopic (exact) mass is 308 g/mol. The highest BCUT2D eigenvalue weighted by molar-refractivity contribution is 5.87. The van der Waals surface area contributed by atoms with E-state index < -0.39 is 35.9 Å². The van der Waals surface area contributed by atoms with Crippen LogP contribution in [0.5, 0.6) is 0 Å². The van der Waals surface area contributed by atoms with E-state index in [1.807, 2.05) is 0 Å². The topological polar surface area (TPSA) is 44.8 Å². The predicted molar refractivity (Wildman–Crippen MR) is 67.2 cm³/mol. The Morgan fingerprint density at radius 1 is 1.14 bits per heavy atom. The number of allylic oxidation sites excluding steroid dienone is 1. The number of carbonyl (C=O) groups excluding carboxylic acids is 1. The summed E-state index contributed by atoms with van der Waals surface area (Å²) in [7, 11) is 0. The molecule has 4 nitrogen and oxygen atoms in total. The average Bonchev–Trinajstić information content (AvgIpc) is 2.37. The summed E-state index contributed by atoms with van der Waals surface area (Å²) in [5, 5.41) is 0. The lowest BCUT2D eigenvalue weighted by Crippen LogP contribution is -2.41. The second-order valence-corrected chi connectivity index (χ2v) is 5.18. The summed E-state index contributed by atoms with van der Waals surface area (Å²) in [5.74, 6) is -3.32. The fraction of sp³-hybridized carbons (Fsp3) is 0.786. The van der Waals surface area contributed by atoms with Gasteiger partial charge in [-0.1, -0.05) is 12.8 Å². The van der Waals surface area contributed by atoms with E-state index in [2.05, 4.69) is 4.74 Å². The van der Waals surface area contributed by atoms with Crippen LogP contribution in [0.2, 0.25) is 0 Å². The molecule has 1 saturated carbocycles. The van der Waals surface area contributed by atoms with Crippen molar-refractivity contribution in [2.75, 3.05) is 6.61 Å². The quantitative estimate of drug-likeness (QED) is 0.733. The molecule has 0 aromatic carbocycles. The molecular formula is C14H19F3O4. The molecule has 0 bridgehead atoms. The molecule has 0 aromatic heterocycles. The maximum atomic E-state index is 13.1. The molecule has 2 atom stereocenters. The molecular weight excluding hydrogens is 289 g/mol. The van der Waals surface area contributed by atoms with Gasteiger partial charge >= 0.3 is 12.1 Å². The maximum Gasteiger partial charge on any atom is 0.453 e. The largest absolute Gasteiger partial charge is 0.479 e. The van der Waals surface area contributed by atoms with Gasteiger partial charge in [0.25, 0.3) is 11.5 Å². The number of hydrogen-bond acceptors (Lipinski definition) is 4. The van der Waals surface area contributed by atoms with Crippen molar-refractivity contribution in [3.8, 4) is 0 Å². The van der Waals surface area contributed by atoms with Gasteiger partial charge in [-0.3, -0.25) is 0 Å². The average molecular weight is 308 g/mol. The Morgan fingerprint density at radius 2 is 1.71 bits per heavy atom. The van der Waals surface area contributed by atoms with Gasteiger partial charge < -0.3 is 14.2 Å². The van der Waals surface area contributed by atoms with Crippen LogP contribution in [0.4, 0.5) is 13.2 Å². The molecule has 7 heteroatoms. The summed E-state index contributed by atoms with van der Waals surface area (Å²) in [6, 6.07) is 0. The highest BCUT2D eigenvalue weighted by Gasteiger charge is 2.48. The van der Waals surface area contributed by atoms with Crippen LogP contribution in [0.15, 0.2) is 11.5 Å². The standard InChI is InChI=1S/C14H19F3O4/c1-2-19-13(18)11-12(14(15,16)17)21-10-8-6-4-3-5-7-9(10)20-11/h9-10H,2-8H2,1H3/t9-,10+/m0/s1. The van der Waals surface area contributed by atoms with Crippen LogP contribution in [0.25, 0.3) is 0 Å². The molecule has 21 heavy (non-hydrogen) atoms. The van der Waals surface area contributed by atoms with Crippen LogP contribution in [0, 0.1) is 0 Å². The minimum atomic E-state index is -4.77. The summed E-state index contributed by atoms with van der Waals surface area (Å²) in [6.45, 7) is 1.50. The van der Waals surface area contributed by atoms with Gasteiger partial charge in [-0.2, -0.15) is 13.2 Å². The number of halogens is 3. The van der Waals surface area contributed by atoms with Gasteiger partial charge in [0.2, 0.25) is 0 Å². The van der Waals surface area contributed by atoms with Gasteiger partial charge in [-0.05, 0) is 32.6 Å². The summed E-state index contributed by atoms with van der Waals surface area (Å²) >= 11 is 0. The van der Waals surface area contributed by atoms with E-state index in [1.165, 1.54) is 6.92 Å². The van der Waals surface area contributed by atoms with E-state index in [1.54, 1.807) is 0 Å². The summed E-state index contributed by atoms with van der Waals surface area (Å²) in [6.07, 6.45) is -1.23. The number of fused-ring (bicyclic) bond motifs is 1. The van der Waals surface area contributed by atoms with E-state index in [0.29, 0.717) is 12.8 Å². The summed E-state index contributed by atoms with van der Waals surface area (Å²) in [5.41, 5.74) is 0. The van der Waals surface area contributed by atoms with E-state index in [-0.39, 0.29) is 6.61 Å². The Balaban J connectivity index is 2.28. The normalized spacial score (nSPS) is 26.9. The fourth-order valence-electron chi connectivity index (χ4n) is 2.63. The molecule has 2 rings (SSSR count). The summed E-state index contributed by atoms with van der Waals surface area (Å²) in [4.78, 5) is 11.7. The highest BCUT2D eigenvalue weighted by atomic mass is 19.4. The molecule has 0 spiro atoms. The fourth-order valence-corrected chi connectivity index (χ4v) is 2.63. The second-order valence-electron chi connectivity index (χ2n) is 5.18. The third-order valence-electron chi connectivity index (χ3n) is 3.60. The van der Waals surface area contributed by atoms with Crippen LogP contribution < -0.4 is 0 Å². The number of alkyl halides is 3. The molecule has 0 aromatic rings. The molecule has 120 valence electrons. The lowest BCUT2D eigenvalue weighted by atomic mass is 9.95. The van der Waals surface area contributed by atoms with Crippen molar-refractivity contribution in [2.45, 2.75) is 63.8 Å². The van der Waals surface area contributed by atoms with Crippen molar-refractivity contribution < 1.29 is 32.2 Å². The number of hydrogen-bond donors (Lipinski definition) is 0. The van der Waals surface area contributed by atoms with Crippen LogP contribution in [0.1, 0.15) is 45.4 Å². The number of carbonyl (C=O) groups is 1. The van der Waals surface area contributed by atoms with Crippen LogP contribution in [0.3, 0.4) is 0 Å². The Hall–Kier alpha value is -1.40. The van der Waals surface area contributed by atoms with E-state index >= 15 is 0 Å². The lowest BCUT2D eigenvalue weighted by Gasteiger charge is -2.36. The molecule has 1 aliphatic heterocycles. The first-order valence-electron chi connectivity index (χ1n) is 7.25. The third kappa shape index (κ3) is 3.83. The Bertz CT molecular complexity index is 417. The Morgan fingerprint density at radius 3 is 2.24 bits per heavy atom. The van der Waals surface area contributed by atoms with Crippen LogP contribution in [-0.4, -0.2) is 31.0 Å². The van der Waals surface area contributed by atoms with Gasteiger partial charge in [0.05, 0.1) is 6.61 Å². The van der Waals surface area contributed by atoms with Gasteiger partial charge in [-0.15, -0.1) is 0 Å². The molecule has 0 saturated heterocycles. The van der Waals surface area contributed by atoms with Crippen molar-refractivity contribution in [2.24, 2.45) is 0 Å². The second kappa shape index (κ2) is 6.58. The van der Waals surface area contributed by atoms with E-state index in [0.717, 1.165) is 25.7 Å². The number of ether oxygens (including phenoxy) is 3. The van der Waals surface area contributed by atoms with Crippen molar-refractivity contribution in [1.29, 1.82) is 0 Å². The first kappa shape index (κ1) is 16.0. The number of rotatable bonds is 2. The summed E-state index contributed by atoms with van der Waals surface area (Å²) < 4.78 is 54.3. The van der Waals surface area contributed by atoms with E-state index in [4.69, 9.17) is 9.47 Å². The maximum absolute atomic E-state index is 13.1. The van der Waals surface area contributed by atoms with Crippen molar-refractivity contribution in [3.05, 3.63) is 11.5 Å². The Labute approximate surface area is 121 Å². The molecule has 0 radical (unpaired) electrons. The molecule has 1 heterocycles. The zero-order valence-corrected chi connectivity index (χ0v) is 11.9. The Kier molecular flexibility index (Phi) is 5.00. The lowest BCUT2D eigenvalue weighted by molar-refractivity contribution is -0.186. The van der Waals surface area contributed by atoms with E-state index in [9.17, 15) is 18.0 Å². The smallest absolute Gasteiger partial charge is 0.453 e. The zero-order valence-electron chi connectivity index (χ0n) is 11.9. The van der Waals surface area contributed by atoms with Crippen molar-refractivity contribution >= 4 is 5.97 Å². The first-order chi connectivity index (χ1) is 9.93. The van der Waals surface area contributed by atoms with Crippen LogP contribution in [-0.2, 0) is 19.0 Å². The van der Waals surface area contributed by atoms with Gasteiger partial charge in [0.1, 0.15) is 12.2 Å². The van der Waals surface area contributed by atoms with Crippen LogP contribution >= 0.6 is 0 Å². The SMILES string of the molecule is CCOC(=O)C1=C(C(F)(F)F)O[C@@H]2CCCCCC[C@@H]2O1. The molecule has 0 unspecified atom stereocenters. The molecule has 2 aliphatic rings. The van der Waals surface area contributed by atoms with Gasteiger partial charge in [0.15, 0.2) is 0 Å². The third-order valence-corrected chi connectivity index (χ3v) is 3.60. The highest BCUT2D eigenvalue weighted by Crippen LogP contribution is 2.38. The predicted octanol–water partition coefficient (Wildman–Crippen LogP) is 3.46. The van der Waals surface area contributed by atoms with Gasteiger partial charge in [-0.25, -0.2) is 4.79 Å². The minimum Gasteiger partial charge on any atom is -0.479 e. The molecule has 1 fully saturated rings.